The number of hydrogen-bond donors (Lipinski definition) is 1. The van der Waals surface area contributed by atoms with E-state index in [0.717, 1.165) is 37.8 Å². The third-order valence-corrected chi connectivity index (χ3v) is 5.02. The summed E-state index contributed by atoms with van der Waals surface area (Å²) in [5, 5.41) is 3.43. The minimum Gasteiger partial charge on any atom is -0.493 e. The summed E-state index contributed by atoms with van der Waals surface area (Å²) < 4.78 is 16.3. The molecule has 0 unspecified atom stereocenters. The predicted molar refractivity (Wildman–Crippen MR) is 116 cm³/mol. The monoisotopic (exact) mass is 393 g/mol. The molecule has 0 saturated heterocycles. The van der Waals surface area contributed by atoms with Crippen LogP contribution in [0.3, 0.4) is 0 Å². The van der Waals surface area contributed by atoms with Gasteiger partial charge in [0.2, 0.25) is 5.75 Å². The lowest BCUT2D eigenvalue weighted by molar-refractivity contribution is -0.120. The lowest BCUT2D eigenvalue weighted by Crippen LogP contribution is -2.29. The van der Waals surface area contributed by atoms with Crippen molar-refractivity contribution in [3.8, 4) is 17.2 Å². The minimum absolute atomic E-state index is 0.179. The largest absolute Gasteiger partial charge is 0.493 e. The van der Waals surface area contributed by atoms with Gasteiger partial charge in [0.25, 0.3) is 0 Å². The molecule has 0 aliphatic rings. The first-order valence-corrected chi connectivity index (χ1v) is 10.7. The second-order valence-corrected chi connectivity index (χ2v) is 7.24. The van der Waals surface area contributed by atoms with Gasteiger partial charge < -0.3 is 19.5 Å². The topological polar surface area (TPSA) is 56.8 Å². The molecule has 0 aromatic heterocycles. The van der Waals surface area contributed by atoms with Gasteiger partial charge in [-0.25, -0.2) is 0 Å². The summed E-state index contributed by atoms with van der Waals surface area (Å²) in [4.78, 5) is 12.9. The predicted octanol–water partition coefficient (Wildman–Crippen LogP) is 6.00. The van der Waals surface area contributed by atoms with Gasteiger partial charge in [0, 0.05) is 24.2 Å². The van der Waals surface area contributed by atoms with E-state index in [4.69, 9.17) is 14.2 Å². The van der Waals surface area contributed by atoms with Crippen molar-refractivity contribution < 1.29 is 19.0 Å². The van der Waals surface area contributed by atoms with Gasteiger partial charge in [-0.05, 0) is 12.8 Å². The van der Waals surface area contributed by atoms with E-state index in [9.17, 15) is 4.79 Å². The van der Waals surface area contributed by atoms with Crippen LogP contribution in [0, 0.1) is 0 Å². The Morgan fingerprint density at radius 3 is 1.93 bits per heavy atom. The summed E-state index contributed by atoms with van der Waals surface area (Å²) in [5.41, 5.74) is 0.817. The fraction of sp³-hybridized carbons (Fsp3) is 0.696. The minimum atomic E-state index is -0.179. The first-order valence-electron chi connectivity index (χ1n) is 10.7. The summed E-state index contributed by atoms with van der Waals surface area (Å²) in [6, 6.07) is 3.55. The molecule has 1 atom stereocenters. The lowest BCUT2D eigenvalue weighted by Gasteiger charge is -2.21. The van der Waals surface area contributed by atoms with Crippen LogP contribution in [0.25, 0.3) is 0 Å². The molecule has 0 radical (unpaired) electrons. The lowest BCUT2D eigenvalue weighted by atomic mass is 9.99. The maximum Gasteiger partial charge on any atom is 0.203 e. The Bertz CT molecular complexity index is 549. The van der Waals surface area contributed by atoms with Crippen LogP contribution in [0.5, 0.6) is 17.2 Å². The number of ketones is 1. The molecule has 0 saturated carbocycles. The maximum absolute atomic E-state index is 12.9. The third kappa shape index (κ3) is 7.99. The van der Waals surface area contributed by atoms with Crippen molar-refractivity contribution in [2.45, 2.75) is 84.1 Å². The van der Waals surface area contributed by atoms with Gasteiger partial charge >= 0.3 is 0 Å². The van der Waals surface area contributed by atoms with E-state index in [1.54, 1.807) is 21.3 Å². The molecule has 0 aliphatic heterocycles. The van der Waals surface area contributed by atoms with Crippen LogP contribution in [0.2, 0.25) is 0 Å². The molecule has 0 fully saturated rings. The Balaban J connectivity index is 2.89. The zero-order chi connectivity index (χ0) is 20.8. The molecule has 0 bridgehead atoms. The van der Waals surface area contributed by atoms with Crippen LogP contribution in [-0.4, -0.2) is 33.2 Å². The average Bonchev–Trinajstić information content (AvgIpc) is 2.72. The SMILES string of the molecule is CCCCCCC(=O)[C@@H](CCCCCC)Nc1cc(OC)c(OC)c(OC)c1. The van der Waals surface area contributed by atoms with E-state index >= 15 is 0 Å². The maximum atomic E-state index is 12.9. The number of nitrogens with one attached hydrogen (secondary N) is 1. The van der Waals surface area contributed by atoms with Crippen LogP contribution in [0.4, 0.5) is 5.69 Å². The average molecular weight is 394 g/mol. The normalized spacial score (nSPS) is 11.8. The summed E-state index contributed by atoms with van der Waals surface area (Å²) in [6.07, 6.45) is 10.6. The molecule has 160 valence electrons. The fourth-order valence-electron chi connectivity index (χ4n) is 3.35. The molecule has 5 heteroatoms. The van der Waals surface area contributed by atoms with E-state index in [1.807, 2.05) is 12.1 Å². The molecular formula is C23H39NO4. The van der Waals surface area contributed by atoms with Crippen LogP contribution in [0.1, 0.15) is 78.1 Å². The number of carbonyl (C=O) groups is 1. The Hall–Kier alpha value is -1.91. The number of benzene rings is 1. The smallest absolute Gasteiger partial charge is 0.203 e. The van der Waals surface area contributed by atoms with Crippen molar-refractivity contribution in [2.75, 3.05) is 26.6 Å². The fourth-order valence-corrected chi connectivity index (χ4v) is 3.35. The standard InChI is InChI=1S/C23H39NO4/c1-6-8-10-12-14-19(20(25)15-13-11-9-7-2)24-18-16-21(26-3)23(28-5)22(17-18)27-4/h16-17,19,24H,6-15H2,1-5H3/t19-/m1/s1. The van der Waals surface area contributed by atoms with Gasteiger partial charge in [0.1, 0.15) is 0 Å². The molecule has 0 amide bonds. The summed E-state index contributed by atoms with van der Waals surface area (Å²) in [5.74, 6) is 2.02. The molecule has 0 spiro atoms. The van der Waals surface area contributed by atoms with Gasteiger partial charge in [-0.2, -0.15) is 0 Å². The van der Waals surface area contributed by atoms with E-state index in [-0.39, 0.29) is 6.04 Å². The van der Waals surface area contributed by atoms with E-state index < -0.39 is 0 Å². The van der Waals surface area contributed by atoms with Crippen molar-refractivity contribution in [3.05, 3.63) is 12.1 Å². The number of carbonyl (C=O) groups excluding carboxylic acids is 1. The first kappa shape index (κ1) is 24.1. The molecule has 28 heavy (non-hydrogen) atoms. The highest BCUT2D eigenvalue weighted by molar-refractivity contribution is 5.87. The highest BCUT2D eigenvalue weighted by atomic mass is 16.5. The van der Waals surface area contributed by atoms with E-state index in [0.29, 0.717) is 29.5 Å². The molecule has 1 aromatic carbocycles. The molecule has 1 N–H and O–H groups in total. The number of rotatable bonds is 16. The number of unbranched alkanes of at least 4 members (excludes halogenated alkanes) is 6. The van der Waals surface area contributed by atoms with Crippen LogP contribution >= 0.6 is 0 Å². The van der Waals surface area contributed by atoms with Crippen molar-refractivity contribution in [2.24, 2.45) is 0 Å². The molecule has 5 nitrogen and oxygen atoms in total. The number of methoxy groups -OCH3 is 3. The molecule has 1 aromatic rings. The van der Waals surface area contributed by atoms with Crippen molar-refractivity contribution >= 4 is 11.5 Å². The molecule has 0 heterocycles. The van der Waals surface area contributed by atoms with Gasteiger partial charge in [0.15, 0.2) is 17.3 Å². The van der Waals surface area contributed by atoms with Gasteiger partial charge in [-0.15, -0.1) is 0 Å². The summed E-state index contributed by atoms with van der Waals surface area (Å²) in [6.45, 7) is 4.38. The van der Waals surface area contributed by atoms with Gasteiger partial charge in [0.05, 0.1) is 27.4 Å². The molecule has 0 aliphatic carbocycles. The van der Waals surface area contributed by atoms with Gasteiger partial charge in [-0.3, -0.25) is 4.79 Å². The Morgan fingerprint density at radius 1 is 0.857 bits per heavy atom. The first-order chi connectivity index (χ1) is 13.6. The number of hydrogen-bond acceptors (Lipinski definition) is 5. The zero-order valence-corrected chi connectivity index (χ0v) is 18.4. The molecular weight excluding hydrogens is 354 g/mol. The Kier molecular flexibility index (Phi) is 12.2. The Morgan fingerprint density at radius 2 is 1.43 bits per heavy atom. The zero-order valence-electron chi connectivity index (χ0n) is 18.4. The second kappa shape index (κ2) is 14.1. The van der Waals surface area contributed by atoms with E-state index in [1.165, 1.54) is 25.7 Å². The van der Waals surface area contributed by atoms with E-state index in [2.05, 4.69) is 19.2 Å². The number of ether oxygens (including phenoxy) is 3. The van der Waals surface area contributed by atoms with Crippen LogP contribution in [0.15, 0.2) is 12.1 Å². The number of anilines is 1. The third-order valence-electron chi connectivity index (χ3n) is 5.02. The number of Topliss-reactive ketones (excluding diaryl/α,β-unsaturated/α-hetero) is 1. The summed E-state index contributed by atoms with van der Waals surface area (Å²) >= 11 is 0. The summed E-state index contributed by atoms with van der Waals surface area (Å²) in [7, 11) is 4.79. The highest BCUT2D eigenvalue weighted by Gasteiger charge is 2.20. The van der Waals surface area contributed by atoms with Crippen LogP contribution < -0.4 is 19.5 Å². The van der Waals surface area contributed by atoms with Gasteiger partial charge in [-0.1, -0.05) is 58.8 Å². The molecule has 1 rings (SSSR count). The van der Waals surface area contributed by atoms with Crippen molar-refractivity contribution in [3.63, 3.8) is 0 Å². The second-order valence-electron chi connectivity index (χ2n) is 7.24. The quantitative estimate of drug-likeness (QED) is 0.349. The van der Waals surface area contributed by atoms with Crippen LogP contribution in [-0.2, 0) is 4.79 Å². The highest BCUT2D eigenvalue weighted by Crippen LogP contribution is 2.40. The van der Waals surface area contributed by atoms with Crippen molar-refractivity contribution in [1.29, 1.82) is 0 Å². The Labute approximate surface area is 171 Å². The van der Waals surface area contributed by atoms with Crippen molar-refractivity contribution in [1.82, 2.24) is 0 Å².